The molecule has 16 heavy (non-hydrogen) atoms. The van der Waals surface area contributed by atoms with Crippen LogP contribution in [0.3, 0.4) is 0 Å². The van der Waals surface area contributed by atoms with Gasteiger partial charge in [-0.3, -0.25) is 4.55 Å². The lowest BCUT2D eigenvalue weighted by Gasteiger charge is -1.99. The molecule has 84 valence electrons. The van der Waals surface area contributed by atoms with E-state index in [1.54, 1.807) is 16.8 Å². The Morgan fingerprint density at radius 1 is 1.19 bits per heavy atom. The zero-order valence-electron chi connectivity index (χ0n) is 8.28. The first-order valence-corrected chi connectivity index (χ1v) is 5.92. The van der Waals surface area contributed by atoms with Crippen molar-refractivity contribution in [3.05, 3.63) is 42.6 Å². The third-order valence-corrected chi connectivity index (χ3v) is 2.53. The molecule has 0 saturated heterocycles. The standard InChI is InChI=1S/C10H9NO4S/c12-16(13,14)15-8-11-7-3-5-9-4-1-2-6-10(9)11/h1-7H,8H2/p+1. The molecule has 1 heterocycles. The molecule has 1 aromatic heterocycles. The van der Waals surface area contributed by atoms with Crippen LogP contribution in [0.5, 0.6) is 0 Å². The highest BCUT2D eigenvalue weighted by atomic mass is 32.3. The van der Waals surface area contributed by atoms with Gasteiger partial charge >= 0.3 is 10.4 Å². The number of para-hydroxylation sites is 1. The monoisotopic (exact) mass is 240 g/mol. The topological polar surface area (TPSA) is 67.5 Å². The molecule has 0 aliphatic heterocycles. The van der Waals surface area contributed by atoms with Gasteiger partial charge < -0.3 is 0 Å². The third-order valence-electron chi connectivity index (χ3n) is 2.13. The number of pyridine rings is 1. The first-order chi connectivity index (χ1) is 7.56. The minimum atomic E-state index is -4.41. The van der Waals surface area contributed by atoms with E-state index in [2.05, 4.69) is 4.18 Å². The summed E-state index contributed by atoms with van der Waals surface area (Å²) in [5, 5.41) is 0.962. The summed E-state index contributed by atoms with van der Waals surface area (Å²) < 4.78 is 35.3. The fourth-order valence-corrected chi connectivity index (χ4v) is 1.70. The summed E-state index contributed by atoms with van der Waals surface area (Å²) >= 11 is 0. The molecule has 0 radical (unpaired) electrons. The van der Waals surface area contributed by atoms with Crippen molar-refractivity contribution in [2.45, 2.75) is 6.73 Å². The lowest BCUT2D eigenvalue weighted by Crippen LogP contribution is -2.36. The molecule has 0 amide bonds. The number of hydrogen-bond acceptors (Lipinski definition) is 3. The van der Waals surface area contributed by atoms with E-state index >= 15 is 0 Å². The van der Waals surface area contributed by atoms with E-state index in [1.807, 2.05) is 30.3 Å². The van der Waals surface area contributed by atoms with Gasteiger partial charge in [0, 0.05) is 17.5 Å². The fraction of sp³-hybridized carbons (Fsp3) is 0.100. The second kappa shape index (κ2) is 4.17. The van der Waals surface area contributed by atoms with Crippen LogP contribution in [0, 0.1) is 0 Å². The van der Waals surface area contributed by atoms with Crippen molar-refractivity contribution in [3.8, 4) is 0 Å². The van der Waals surface area contributed by atoms with Gasteiger partial charge in [-0.25, -0.2) is 0 Å². The minimum absolute atomic E-state index is 0.250. The van der Waals surface area contributed by atoms with Crippen LogP contribution in [-0.2, 0) is 21.3 Å². The lowest BCUT2D eigenvalue weighted by atomic mass is 10.2. The number of hydrogen-bond donors (Lipinski definition) is 1. The van der Waals surface area contributed by atoms with Gasteiger partial charge in [-0.15, -0.1) is 0 Å². The quantitative estimate of drug-likeness (QED) is 0.639. The highest BCUT2D eigenvalue weighted by molar-refractivity contribution is 7.80. The van der Waals surface area contributed by atoms with Crippen LogP contribution >= 0.6 is 0 Å². The summed E-state index contributed by atoms with van der Waals surface area (Å²) in [6.07, 6.45) is 1.67. The average molecular weight is 240 g/mol. The molecule has 2 aromatic rings. The molecule has 0 fully saturated rings. The molecule has 0 aliphatic rings. The Morgan fingerprint density at radius 2 is 1.88 bits per heavy atom. The predicted molar refractivity (Wildman–Crippen MR) is 56.8 cm³/mol. The smallest absolute Gasteiger partial charge is 0.263 e. The lowest BCUT2D eigenvalue weighted by molar-refractivity contribution is -0.700. The van der Waals surface area contributed by atoms with E-state index in [9.17, 15) is 8.42 Å². The van der Waals surface area contributed by atoms with E-state index in [4.69, 9.17) is 4.55 Å². The zero-order valence-corrected chi connectivity index (χ0v) is 9.09. The molecular weight excluding hydrogens is 230 g/mol. The molecule has 0 saturated carbocycles. The van der Waals surface area contributed by atoms with Gasteiger partial charge in [0.05, 0.1) is 0 Å². The molecule has 1 N–H and O–H groups in total. The molecule has 6 heteroatoms. The van der Waals surface area contributed by atoms with Crippen LogP contribution in [0.4, 0.5) is 0 Å². The van der Waals surface area contributed by atoms with Crippen molar-refractivity contribution < 1.29 is 21.7 Å². The van der Waals surface area contributed by atoms with Gasteiger partial charge in [0.25, 0.3) is 6.73 Å². The number of rotatable bonds is 3. The van der Waals surface area contributed by atoms with E-state index in [0.29, 0.717) is 0 Å². The fourth-order valence-electron chi connectivity index (χ4n) is 1.46. The normalized spacial score (nSPS) is 11.8. The van der Waals surface area contributed by atoms with Crippen LogP contribution in [0.25, 0.3) is 10.9 Å². The molecule has 5 nitrogen and oxygen atoms in total. The highest BCUT2D eigenvalue weighted by Crippen LogP contribution is 2.07. The van der Waals surface area contributed by atoms with Gasteiger partial charge in [0.1, 0.15) is 0 Å². The van der Waals surface area contributed by atoms with Crippen molar-refractivity contribution >= 4 is 21.3 Å². The number of nitrogens with zero attached hydrogens (tertiary/aromatic N) is 1. The molecule has 0 aliphatic carbocycles. The second-order valence-corrected chi connectivity index (χ2v) is 4.30. The summed E-state index contributed by atoms with van der Waals surface area (Å²) in [7, 11) is -4.41. The number of benzene rings is 1. The Kier molecular flexibility index (Phi) is 2.86. The maximum atomic E-state index is 10.5. The molecular formula is C10H10NO4S+. The second-order valence-electron chi connectivity index (χ2n) is 3.21. The summed E-state index contributed by atoms with van der Waals surface area (Å²) in [4.78, 5) is 0. The predicted octanol–water partition coefficient (Wildman–Crippen LogP) is 0.904. The molecule has 1 aromatic carbocycles. The van der Waals surface area contributed by atoms with Gasteiger partial charge in [0.15, 0.2) is 6.20 Å². The van der Waals surface area contributed by atoms with Gasteiger partial charge in [-0.2, -0.15) is 17.2 Å². The molecule has 2 rings (SSSR count). The van der Waals surface area contributed by atoms with Gasteiger partial charge in [-0.1, -0.05) is 12.1 Å². The van der Waals surface area contributed by atoms with Crippen molar-refractivity contribution in [1.29, 1.82) is 0 Å². The Bertz CT molecular complexity index is 604. The van der Waals surface area contributed by atoms with E-state index in [-0.39, 0.29) is 6.73 Å². The van der Waals surface area contributed by atoms with Crippen LogP contribution in [0.1, 0.15) is 0 Å². The van der Waals surface area contributed by atoms with E-state index < -0.39 is 10.4 Å². The Balaban J connectivity index is 2.38. The van der Waals surface area contributed by atoms with Crippen LogP contribution < -0.4 is 4.57 Å². The zero-order chi connectivity index (χ0) is 11.6. The van der Waals surface area contributed by atoms with Crippen LogP contribution in [0.2, 0.25) is 0 Å². The summed E-state index contributed by atoms with van der Waals surface area (Å²) in [6, 6.07) is 11.1. The maximum Gasteiger partial charge on any atom is 0.402 e. The van der Waals surface area contributed by atoms with Crippen molar-refractivity contribution in [2.24, 2.45) is 0 Å². The molecule has 0 unspecified atom stereocenters. The van der Waals surface area contributed by atoms with Gasteiger partial charge in [-0.05, 0) is 12.1 Å². The van der Waals surface area contributed by atoms with Crippen LogP contribution in [0.15, 0.2) is 42.6 Å². The SMILES string of the molecule is O=S(=O)(O)OC[n+]1cccc2ccccc21. The minimum Gasteiger partial charge on any atom is -0.263 e. The highest BCUT2D eigenvalue weighted by Gasteiger charge is 2.12. The average Bonchev–Trinajstić information content (AvgIpc) is 2.25. The van der Waals surface area contributed by atoms with Crippen LogP contribution in [-0.4, -0.2) is 13.0 Å². The Hall–Kier alpha value is -1.50. The van der Waals surface area contributed by atoms with E-state index in [0.717, 1.165) is 10.9 Å². The summed E-state index contributed by atoms with van der Waals surface area (Å²) in [5.74, 6) is 0. The number of aromatic nitrogens is 1. The van der Waals surface area contributed by atoms with Crippen molar-refractivity contribution in [3.63, 3.8) is 0 Å². The number of fused-ring (bicyclic) bond motifs is 1. The maximum absolute atomic E-state index is 10.5. The largest absolute Gasteiger partial charge is 0.402 e. The Morgan fingerprint density at radius 3 is 2.62 bits per heavy atom. The molecule has 0 bridgehead atoms. The van der Waals surface area contributed by atoms with Gasteiger partial charge in [0.2, 0.25) is 5.52 Å². The van der Waals surface area contributed by atoms with E-state index in [1.165, 1.54) is 0 Å². The van der Waals surface area contributed by atoms with Crippen molar-refractivity contribution in [2.75, 3.05) is 0 Å². The molecule has 0 spiro atoms. The Labute approximate surface area is 92.9 Å². The van der Waals surface area contributed by atoms with Crippen molar-refractivity contribution in [1.82, 2.24) is 0 Å². The molecule has 0 atom stereocenters. The third kappa shape index (κ3) is 2.54. The summed E-state index contributed by atoms with van der Waals surface area (Å²) in [5.41, 5.74) is 0.827. The first-order valence-electron chi connectivity index (χ1n) is 4.55. The summed E-state index contributed by atoms with van der Waals surface area (Å²) in [6.45, 7) is -0.250. The first kappa shape index (κ1) is 11.0.